The number of carbonyl (C=O) groups is 2. The molecular weight excluding hydrogens is 442 g/mol. The minimum atomic E-state index is -1.36. The SMILES string of the molecule is O=C(NC1=NC(Cc2ccccc2)(c2ccccc2)C(=O)N1)c1cc([N+](=O)[O-])cc([N+](=O)[O-])c1. The summed E-state index contributed by atoms with van der Waals surface area (Å²) in [5.41, 5.74) is -1.46. The highest BCUT2D eigenvalue weighted by molar-refractivity contribution is 6.15. The van der Waals surface area contributed by atoms with Crippen LogP contribution in [-0.2, 0) is 16.8 Å². The van der Waals surface area contributed by atoms with Crippen molar-refractivity contribution in [3.05, 3.63) is 116 Å². The standard InChI is InChI=1S/C23H17N5O6/c29-20(16-11-18(27(31)32)13-19(12-16)28(33)34)24-22-25-21(30)23(26-22,17-9-5-2-6-10-17)14-15-7-3-1-4-8-15/h1-13H,14H2,(H2,24,25,26,29,30). The summed E-state index contributed by atoms with van der Waals surface area (Å²) >= 11 is 0. The van der Waals surface area contributed by atoms with Crippen LogP contribution < -0.4 is 10.6 Å². The number of benzene rings is 3. The van der Waals surface area contributed by atoms with Crippen LogP contribution in [-0.4, -0.2) is 27.6 Å². The van der Waals surface area contributed by atoms with Crippen molar-refractivity contribution in [2.24, 2.45) is 4.99 Å². The Balaban J connectivity index is 1.69. The first kappa shape index (κ1) is 22.3. The van der Waals surface area contributed by atoms with Gasteiger partial charge in [0.25, 0.3) is 23.2 Å². The van der Waals surface area contributed by atoms with Gasteiger partial charge in [-0.05, 0) is 11.1 Å². The molecule has 1 unspecified atom stereocenters. The molecule has 1 atom stereocenters. The van der Waals surface area contributed by atoms with E-state index >= 15 is 0 Å². The van der Waals surface area contributed by atoms with E-state index in [4.69, 9.17) is 0 Å². The Kier molecular flexibility index (Phi) is 5.83. The van der Waals surface area contributed by atoms with Crippen LogP contribution in [0.2, 0.25) is 0 Å². The zero-order valence-electron chi connectivity index (χ0n) is 17.5. The number of nitro benzene ring substituents is 2. The van der Waals surface area contributed by atoms with E-state index in [2.05, 4.69) is 15.6 Å². The number of non-ortho nitro benzene ring substituents is 2. The van der Waals surface area contributed by atoms with Crippen molar-refractivity contribution in [1.29, 1.82) is 0 Å². The minimum Gasteiger partial charge on any atom is -0.294 e. The predicted molar refractivity (Wildman–Crippen MR) is 121 cm³/mol. The van der Waals surface area contributed by atoms with Crippen LogP contribution in [0.1, 0.15) is 21.5 Å². The van der Waals surface area contributed by atoms with Gasteiger partial charge in [-0.25, -0.2) is 4.99 Å². The molecule has 0 aliphatic carbocycles. The number of amides is 2. The number of hydrogen-bond acceptors (Lipinski definition) is 7. The van der Waals surface area contributed by atoms with Crippen molar-refractivity contribution in [3.63, 3.8) is 0 Å². The van der Waals surface area contributed by atoms with Crippen molar-refractivity contribution in [2.45, 2.75) is 12.0 Å². The molecule has 2 amide bonds. The minimum absolute atomic E-state index is 0.163. The number of nitrogens with zero attached hydrogens (tertiary/aromatic N) is 3. The van der Waals surface area contributed by atoms with Crippen molar-refractivity contribution in [3.8, 4) is 0 Å². The number of guanidine groups is 1. The summed E-state index contributed by atoms with van der Waals surface area (Å²) in [6.07, 6.45) is 0.214. The van der Waals surface area contributed by atoms with E-state index in [0.29, 0.717) is 5.56 Å². The van der Waals surface area contributed by atoms with Gasteiger partial charge in [0, 0.05) is 18.6 Å². The molecule has 1 aliphatic rings. The van der Waals surface area contributed by atoms with Gasteiger partial charge in [0.2, 0.25) is 5.96 Å². The summed E-state index contributed by atoms with van der Waals surface area (Å²) in [6.45, 7) is 0. The molecule has 2 N–H and O–H groups in total. The largest absolute Gasteiger partial charge is 0.294 e. The van der Waals surface area contributed by atoms with Crippen LogP contribution in [0.5, 0.6) is 0 Å². The fraction of sp³-hybridized carbons (Fsp3) is 0.0870. The van der Waals surface area contributed by atoms with Crippen LogP contribution in [0, 0.1) is 20.2 Å². The highest BCUT2D eigenvalue weighted by Crippen LogP contribution is 2.33. The topological polar surface area (TPSA) is 157 Å². The molecule has 4 rings (SSSR count). The summed E-state index contributed by atoms with van der Waals surface area (Å²) < 4.78 is 0. The fourth-order valence-electron chi connectivity index (χ4n) is 3.68. The second-order valence-electron chi connectivity index (χ2n) is 7.51. The van der Waals surface area contributed by atoms with Gasteiger partial charge in [-0.1, -0.05) is 60.7 Å². The molecule has 3 aromatic rings. The van der Waals surface area contributed by atoms with E-state index in [-0.39, 0.29) is 17.9 Å². The average Bonchev–Trinajstić information content (AvgIpc) is 3.15. The summed E-state index contributed by atoms with van der Waals surface area (Å²) in [5.74, 6) is -1.53. The van der Waals surface area contributed by atoms with Crippen LogP contribution in [0.25, 0.3) is 0 Å². The Morgan fingerprint density at radius 3 is 2.03 bits per heavy atom. The third-order valence-electron chi connectivity index (χ3n) is 5.28. The van der Waals surface area contributed by atoms with Gasteiger partial charge >= 0.3 is 0 Å². The second-order valence-corrected chi connectivity index (χ2v) is 7.51. The molecule has 170 valence electrons. The molecule has 0 aromatic heterocycles. The van der Waals surface area contributed by atoms with Gasteiger partial charge < -0.3 is 0 Å². The monoisotopic (exact) mass is 459 g/mol. The molecule has 1 aliphatic heterocycles. The lowest BCUT2D eigenvalue weighted by Crippen LogP contribution is -2.43. The van der Waals surface area contributed by atoms with E-state index in [0.717, 1.165) is 23.8 Å². The summed E-state index contributed by atoms with van der Waals surface area (Å²) in [6, 6.07) is 20.6. The first-order valence-electron chi connectivity index (χ1n) is 10.0. The molecule has 11 nitrogen and oxygen atoms in total. The Morgan fingerprint density at radius 2 is 1.47 bits per heavy atom. The number of hydrogen-bond donors (Lipinski definition) is 2. The first-order chi connectivity index (χ1) is 16.3. The summed E-state index contributed by atoms with van der Waals surface area (Å²) in [5, 5.41) is 27.2. The predicted octanol–water partition coefficient (Wildman–Crippen LogP) is 2.86. The number of carbonyl (C=O) groups excluding carboxylic acids is 2. The zero-order valence-corrected chi connectivity index (χ0v) is 17.5. The van der Waals surface area contributed by atoms with Gasteiger partial charge in [-0.3, -0.25) is 40.5 Å². The van der Waals surface area contributed by atoms with E-state index < -0.39 is 38.6 Å². The van der Waals surface area contributed by atoms with Crippen molar-refractivity contribution < 1.29 is 19.4 Å². The maximum absolute atomic E-state index is 13.2. The molecule has 0 spiro atoms. The maximum Gasteiger partial charge on any atom is 0.277 e. The Hall–Kier alpha value is -4.93. The molecule has 3 aromatic carbocycles. The lowest BCUT2D eigenvalue weighted by molar-refractivity contribution is -0.394. The lowest BCUT2D eigenvalue weighted by Gasteiger charge is -2.24. The highest BCUT2D eigenvalue weighted by atomic mass is 16.6. The lowest BCUT2D eigenvalue weighted by atomic mass is 9.84. The summed E-state index contributed by atoms with van der Waals surface area (Å²) in [7, 11) is 0. The van der Waals surface area contributed by atoms with Gasteiger partial charge in [0.05, 0.1) is 21.5 Å². The highest BCUT2D eigenvalue weighted by Gasteiger charge is 2.45. The number of nitrogens with one attached hydrogen (secondary N) is 2. The third-order valence-corrected chi connectivity index (χ3v) is 5.28. The smallest absolute Gasteiger partial charge is 0.277 e. The third kappa shape index (κ3) is 4.35. The van der Waals surface area contributed by atoms with Crippen LogP contribution in [0.3, 0.4) is 0 Å². The van der Waals surface area contributed by atoms with Crippen molar-refractivity contribution in [1.82, 2.24) is 10.6 Å². The molecule has 0 radical (unpaired) electrons. The van der Waals surface area contributed by atoms with E-state index in [1.807, 2.05) is 30.3 Å². The molecule has 1 heterocycles. The van der Waals surface area contributed by atoms with Crippen LogP contribution in [0.15, 0.2) is 83.9 Å². The fourth-order valence-corrected chi connectivity index (χ4v) is 3.68. The van der Waals surface area contributed by atoms with Crippen LogP contribution >= 0.6 is 0 Å². The molecular formula is C23H17N5O6. The van der Waals surface area contributed by atoms with Gasteiger partial charge in [-0.15, -0.1) is 0 Å². The van der Waals surface area contributed by atoms with E-state index in [1.165, 1.54) is 0 Å². The zero-order chi connectivity index (χ0) is 24.3. The second kappa shape index (κ2) is 8.90. The van der Waals surface area contributed by atoms with Crippen LogP contribution in [0.4, 0.5) is 11.4 Å². The Labute approximate surface area is 192 Å². The van der Waals surface area contributed by atoms with E-state index in [9.17, 15) is 29.8 Å². The molecule has 11 heteroatoms. The molecule has 0 bridgehead atoms. The van der Waals surface area contributed by atoms with Gasteiger partial charge in [0.1, 0.15) is 0 Å². The Morgan fingerprint density at radius 1 is 0.912 bits per heavy atom. The van der Waals surface area contributed by atoms with E-state index in [1.54, 1.807) is 30.3 Å². The van der Waals surface area contributed by atoms with Crippen molar-refractivity contribution in [2.75, 3.05) is 0 Å². The number of nitro groups is 2. The molecule has 0 fully saturated rings. The normalized spacial score (nSPS) is 16.9. The van der Waals surface area contributed by atoms with Crippen molar-refractivity contribution >= 4 is 29.1 Å². The first-order valence-corrected chi connectivity index (χ1v) is 10.0. The number of aliphatic imine (C=N–C) groups is 1. The van der Waals surface area contributed by atoms with Gasteiger partial charge in [-0.2, -0.15) is 0 Å². The average molecular weight is 459 g/mol. The quantitative estimate of drug-likeness (QED) is 0.426. The van der Waals surface area contributed by atoms with Gasteiger partial charge in [0.15, 0.2) is 5.54 Å². The molecule has 0 saturated carbocycles. The Bertz CT molecular complexity index is 1290. The number of rotatable bonds is 6. The molecule has 0 saturated heterocycles. The maximum atomic E-state index is 13.2. The summed E-state index contributed by atoms with van der Waals surface area (Å²) in [4.78, 5) is 51.0. The molecule has 34 heavy (non-hydrogen) atoms.